The minimum Gasteiger partial charge on any atom is -0.462 e. The van der Waals surface area contributed by atoms with Gasteiger partial charge in [-0.05, 0) is 103 Å². The van der Waals surface area contributed by atoms with Gasteiger partial charge in [-0.3, -0.25) is 14.4 Å². The van der Waals surface area contributed by atoms with E-state index in [0.717, 1.165) is 89.9 Å². The first-order chi connectivity index (χ1) is 31.0. The van der Waals surface area contributed by atoms with Crippen molar-refractivity contribution in [1.82, 2.24) is 0 Å². The van der Waals surface area contributed by atoms with Crippen LogP contribution in [-0.2, 0) is 28.6 Å². The highest BCUT2D eigenvalue weighted by molar-refractivity contribution is 5.71. The van der Waals surface area contributed by atoms with Crippen molar-refractivity contribution in [1.29, 1.82) is 0 Å². The fourth-order valence-corrected chi connectivity index (χ4v) is 5.39. The summed E-state index contributed by atoms with van der Waals surface area (Å²) in [5.74, 6) is -1.15. The van der Waals surface area contributed by atoms with Crippen molar-refractivity contribution >= 4 is 17.9 Å². The van der Waals surface area contributed by atoms with E-state index in [2.05, 4.69) is 130 Å². The monoisotopic (exact) mass is 863 g/mol. The fraction of sp³-hybridized carbons (Fsp3) is 0.456. The summed E-state index contributed by atoms with van der Waals surface area (Å²) in [5.41, 5.74) is 0. The van der Waals surface area contributed by atoms with Gasteiger partial charge in [0.05, 0.1) is 0 Å². The molecular weight excluding hydrogens is 781 g/mol. The van der Waals surface area contributed by atoms with Gasteiger partial charge in [0, 0.05) is 19.3 Å². The van der Waals surface area contributed by atoms with E-state index in [1.54, 1.807) is 0 Å². The van der Waals surface area contributed by atoms with Crippen LogP contribution in [0.3, 0.4) is 0 Å². The fourth-order valence-electron chi connectivity index (χ4n) is 5.39. The number of hydrogen-bond donors (Lipinski definition) is 0. The first-order valence-corrected chi connectivity index (χ1v) is 23.7. The maximum atomic E-state index is 12.7. The predicted octanol–water partition coefficient (Wildman–Crippen LogP) is 15.6. The summed E-state index contributed by atoms with van der Waals surface area (Å²) >= 11 is 0. The second-order valence-electron chi connectivity index (χ2n) is 14.6. The van der Waals surface area contributed by atoms with Crippen LogP contribution < -0.4 is 0 Å². The van der Waals surface area contributed by atoms with Crippen molar-refractivity contribution in [3.8, 4) is 0 Å². The molecule has 63 heavy (non-hydrogen) atoms. The Morgan fingerprint density at radius 2 is 0.698 bits per heavy atom. The maximum Gasteiger partial charge on any atom is 0.306 e. The quantitative estimate of drug-likeness (QED) is 0.0201. The van der Waals surface area contributed by atoms with E-state index in [1.807, 2.05) is 60.8 Å². The van der Waals surface area contributed by atoms with Crippen LogP contribution in [0.15, 0.2) is 170 Å². The lowest BCUT2D eigenvalue weighted by Crippen LogP contribution is -2.30. The van der Waals surface area contributed by atoms with Crippen LogP contribution >= 0.6 is 0 Å². The lowest BCUT2D eigenvalue weighted by atomic mass is 10.1. The topological polar surface area (TPSA) is 78.9 Å². The average molecular weight is 863 g/mol. The Morgan fingerprint density at radius 3 is 1.17 bits per heavy atom. The van der Waals surface area contributed by atoms with Crippen LogP contribution in [0.1, 0.15) is 149 Å². The number of allylic oxidation sites excluding steroid dienone is 28. The maximum absolute atomic E-state index is 12.7. The summed E-state index contributed by atoms with van der Waals surface area (Å²) in [6, 6.07) is 0. The van der Waals surface area contributed by atoms with Crippen molar-refractivity contribution in [3.05, 3.63) is 170 Å². The Hall–Kier alpha value is -5.23. The zero-order valence-electron chi connectivity index (χ0n) is 39.2. The van der Waals surface area contributed by atoms with Gasteiger partial charge in [-0.25, -0.2) is 0 Å². The molecule has 0 radical (unpaired) electrons. The molecule has 0 heterocycles. The molecule has 1 atom stereocenters. The lowest BCUT2D eigenvalue weighted by molar-refractivity contribution is -0.166. The van der Waals surface area contributed by atoms with Crippen molar-refractivity contribution in [2.75, 3.05) is 13.2 Å². The Balaban J connectivity index is 4.67. The van der Waals surface area contributed by atoms with Gasteiger partial charge >= 0.3 is 17.9 Å². The predicted molar refractivity (Wildman–Crippen MR) is 269 cm³/mol. The van der Waals surface area contributed by atoms with Gasteiger partial charge in [0.1, 0.15) is 13.2 Å². The molecule has 0 fully saturated rings. The summed E-state index contributed by atoms with van der Waals surface area (Å²) in [6.07, 6.45) is 73.6. The summed E-state index contributed by atoms with van der Waals surface area (Å²) < 4.78 is 16.6. The second kappa shape index (κ2) is 49.4. The van der Waals surface area contributed by atoms with Crippen LogP contribution in [0.2, 0.25) is 0 Å². The second-order valence-corrected chi connectivity index (χ2v) is 14.6. The summed E-state index contributed by atoms with van der Waals surface area (Å²) in [7, 11) is 0. The number of hydrogen-bond acceptors (Lipinski definition) is 6. The number of esters is 3. The molecular formula is C57H82O6. The molecule has 0 bridgehead atoms. The molecule has 6 heteroatoms. The summed E-state index contributed by atoms with van der Waals surface area (Å²) in [4.78, 5) is 37.8. The molecule has 0 aliphatic carbocycles. The van der Waals surface area contributed by atoms with Crippen molar-refractivity contribution in [2.45, 2.75) is 155 Å². The molecule has 0 aromatic rings. The Kier molecular flexibility index (Phi) is 45.3. The Bertz CT molecular complexity index is 1550. The molecule has 1 unspecified atom stereocenters. The van der Waals surface area contributed by atoms with Crippen molar-refractivity contribution in [3.63, 3.8) is 0 Å². The van der Waals surface area contributed by atoms with E-state index in [1.165, 1.54) is 0 Å². The summed E-state index contributed by atoms with van der Waals surface area (Å²) in [5, 5.41) is 0. The highest BCUT2D eigenvalue weighted by atomic mass is 16.6. The van der Waals surface area contributed by atoms with Gasteiger partial charge in [0.25, 0.3) is 0 Å². The third kappa shape index (κ3) is 47.7. The smallest absolute Gasteiger partial charge is 0.306 e. The zero-order chi connectivity index (χ0) is 45.8. The van der Waals surface area contributed by atoms with Crippen LogP contribution in [0, 0.1) is 0 Å². The van der Waals surface area contributed by atoms with E-state index < -0.39 is 18.0 Å². The first-order valence-electron chi connectivity index (χ1n) is 23.7. The van der Waals surface area contributed by atoms with Crippen LogP contribution in [0.4, 0.5) is 0 Å². The molecule has 0 aliphatic heterocycles. The van der Waals surface area contributed by atoms with Crippen LogP contribution in [-0.4, -0.2) is 37.2 Å². The van der Waals surface area contributed by atoms with Crippen LogP contribution in [0.5, 0.6) is 0 Å². The molecule has 0 aromatic carbocycles. The molecule has 0 aliphatic rings. The van der Waals surface area contributed by atoms with E-state index in [4.69, 9.17) is 14.2 Å². The first kappa shape index (κ1) is 57.8. The molecule has 0 saturated carbocycles. The standard InChI is InChI=1S/C57H82O6/c1-4-7-10-13-16-19-22-24-26-27-28-29-31-32-35-38-41-44-47-50-56(59)62-53-54(52-61-55(58)49-46-43-40-37-34-21-18-15-12-9-6-3)63-57(60)51-48-45-42-39-36-33-30-25-23-20-17-14-11-8-5-2/h7-12,14,16-21,23-26,28-30,32-33,35-37,40-41,44,54H,4-6,13,15,22,27,31,34,38-39,42-43,45-53H2,1-3H3/b10-7-,11-8-,12-9-,17-14-,19-16-,21-18-,23-20-,26-24-,29-28-,30-25-,35-32-,36-33-,40-37-,44-41-. The Morgan fingerprint density at radius 1 is 0.333 bits per heavy atom. The van der Waals surface area contributed by atoms with E-state index in [9.17, 15) is 14.4 Å². The van der Waals surface area contributed by atoms with Crippen LogP contribution in [0.25, 0.3) is 0 Å². The molecule has 0 rings (SSSR count). The normalized spacial score (nSPS) is 13.6. The van der Waals surface area contributed by atoms with Gasteiger partial charge in [0.15, 0.2) is 6.10 Å². The molecule has 0 N–H and O–H groups in total. The molecule has 0 spiro atoms. The largest absolute Gasteiger partial charge is 0.462 e. The van der Waals surface area contributed by atoms with Gasteiger partial charge < -0.3 is 14.2 Å². The number of rotatable bonds is 39. The molecule has 0 saturated heterocycles. The lowest BCUT2D eigenvalue weighted by Gasteiger charge is -2.18. The van der Waals surface area contributed by atoms with E-state index >= 15 is 0 Å². The SMILES string of the molecule is CC\C=C/C=C\C=C/C=C\C=C/CCCCCC(=O)OC(COC(=O)CC/C=C\C/C=C\C/C=C\C/C=C\C/C=C\C/C=C\CC)COC(=O)CCC/C=C\C/C=C\C/C=C\CC. The number of carbonyl (C=O) groups is 3. The van der Waals surface area contributed by atoms with E-state index in [0.29, 0.717) is 19.3 Å². The molecule has 0 aromatic heterocycles. The number of ether oxygens (including phenoxy) is 3. The number of unbranched alkanes of at least 4 members (excludes halogenated alkanes) is 4. The Labute approximate surface area is 383 Å². The van der Waals surface area contributed by atoms with E-state index in [-0.39, 0.29) is 38.4 Å². The molecule has 346 valence electrons. The van der Waals surface area contributed by atoms with Gasteiger partial charge in [0.2, 0.25) is 0 Å². The molecule has 0 amide bonds. The van der Waals surface area contributed by atoms with Crippen molar-refractivity contribution < 1.29 is 28.6 Å². The highest BCUT2D eigenvalue weighted by Crippen LogP contribution is 2.09. The summed E-state index contributed by atoms with van der Waals surface area (Å²) in [6.45, 7) is 6.06. The number of carbonyl (C=O) groups excluding carboxylic acids is 3. The average Bonchev–Trinajstić information content (AvgIpc) is 3.28. The third-order valence-corrected chi connectivity index (χ3v) is 8.84. The highest BCUT2D eigenvalue weighted by Gasteiger charge is 2.19. The zero-order valence-corrected chi connectivity index (χ0v) is 39.2. The van der Waals surface area contributed by atoms with Gasteiger partial charge in [-0.15, -0.1) is 0 Å². The third-order valence-electron chi connectivity index (χ3n) is 8.84. The minimum absolute atomic E-state index is 0.155. The van der Waals surface area contributed by atoms with Gasteiger partial charge in [-0.2, -0.15) is 0 Å². The van der Waals surface area contributed by atoms with Gasteiger partial charge in [-0.1, -0.05) is 197 Å². The minimum atomic E-state index is -0.859. The van der Waals surface area contributed by atoms with Crippen molar-refractivity contribution in [2.24, 2.45) is 0 Å². The molecule has 6 nitrogen and oxygen atoms in total.